The third kappa shape index (κ3) is 4.70. The molecule has 0 atom stereocenters. The van der Waals surface area contributed by atoms with Crippen LogP contribution in [0, 0.1) is 0 Å². The Morgan fingerprint density at radius 1 is 1.00 bits per heavy atom. The van der Waals surface area contributed by atoms with Gasteiger partial charge in [0.15, 0.2) is 0 Å². The average molecular weight is 143 g/mol. The molecule has 1 radical (unpaired) electrons. The Morgan fingerprint density at radius 2 is 1.56 bits per heavy atom. The van der Waals surface area contributed by atoms with Crippen molar-refractivity contribution in [2.75, 3.05) is 0 Å². The summed E-state index contributed by atoms with van der Waals surface area (Å²) in [6, 6.07) is 4.50. The Labute approximate surface area is 61.3 Å². The zero-order valence-corrected chi connectivity index (χ0v) is 8.04. The van der Waals surface area contributed by atoms with Gasteiger partial charge in [-0.15, -0.1) is 0 Å². The maximum Gasteiger partial charge on any atom is 0.0473 e. The molecule has 0 heterocycles. The van der Waals surface area contributed by atoms with Gasteiger partial charge < -0.3 is 0 Å². The molecule has 0 rings (SSSR count). The summed E-state index contributed by atoms with van der Waals surface area (Å²) >= 11 is 0. The molecule has 0 aliphatic carbocycles. The molecule has 1 heteroatoms. The number of rotatable bonds is 5. The first-order valence-electron chi connectivity index (χ1n) is 4.18. The highest BCUT2D eigenvalue weighted by Crippen LogP contribution is 2.08. The largest absolute Gasteiger partial charge is 0.0680 e. The number of hydrogen-bond donors (Lipinski definition) is 0. The SMILES string of the molecule is CCCC[Si](CC)CC. The van der Waals surface area contributed by atoms with Crippen molar-refractivity contribution < 1.29 is 0 Å². The van der Waals surface area contributed by atoms with E-state index in [0.29, 0.717) is 0 Å². The van der Waals surface area contributed by atoms with Crippen molar-refractivity contribution in [2.24, 2.45) is 0 Å². The quantitative estimate of drug-likeness (QED) is 0.518. The summed E-state index contributed by atoms with van der Waals surface area (Å²) in [7, 11) is 0.114. The lowest BCUT2D eigenvalue weighted by molar-refractivity contribution is 0.868. The van der Waals surface area contributed by atoms with Crippen molar-refractivity contribution in [3.05, 3.63) is 0 Å². The molecule has 0 bridgehead atoms. The summed E-state index contributed by atoms with van der Waals surface area (Å²) in [6.45, 7) is 6.96. The first-order chi connectivity index (χ1) is 4.35. The van der Waals surface area contributed by atoms with Gasteiger partial charge in [0.2, 0.25) is 0 Å². The van der Waals surface area contributed by atoms with Crippen LogP contribution in [0.3, 0.4) is 0 Å². The fraction of sp³-hybridized carbons (Fsp3) is 1.00. The first-order valence-corrected chi connectivity index (χ1v) is 6.30. The van der Waals surface area contributed by atoms with Gasteiger partial charge in [0, 0.05) is 8.80 Å². The van der Waals surface area contributed by atoms with Crippen molar-refractivity contribution in [1.29, 1.82) is 0 Å². The normalized spacial score (nSPS) is 10.7. The molecule has 0 aromatic heterocycles. The summed E-state index contributed by atoms with van der Waals surface area (Å²) in [5.74, 6) is 0. The van der Waals surface area contributed by atoms with Crippen molar-refractivity contribution in [3.8, 4) is 0 Å². The summed E-state index contributed by atoms with van der Waals surface area (Å²) in [5, 5.41) is 0. The second-order valence-electron chi connectivity index (χ2n) is 2.56. The molecule has 0 spiro atoms. The van der Waals surface area contributed by atoms with E-state index >= 15 is 0 Å². The summed E-state index contributed by atoms with van der Waals surface area (Å²) in [4.78, 5) is 0. The molecule has 0 N–H and O–H groups in total. The molecule has 0 aromatic carbocycles. The van der Waals surface area contributed by atoms with Crippen LogP contribution in [0.5, 0.6) is 0 Å². The number of unbranched alkanes of at least 4 members (excludes halogenated alkanes) is 1. The fourth-order valence-corrected chi connectivity index (χ4v) is 3.09. The van der Waals surface area contributed by atoms with Crippen LogP contribution in [0.1, 0.15) is 33.6 Å². The molecule has 0 unspecified atom stereocenters. The van der Waals surface area contributed by atoms with Gasteiger partial charge in [-0.05, 0) is 0 Å². The predicted octanol–water partition coefficient (Wildman–Crippen LogP) is 3.32. The molecule has 0 fully saturated rings. The van der Waals surface area contributed by atoms with Gasteiger partial charge in [-0.1, -0.05) is 51.7 Å². The topological polar surface area (TPSA) is 0 Å². The Balaban J connectivity index is 3.09. The Bertz CT molecular complexity index is 48.5. The summed E-state index contributed by atoms with van der Waals surface area (Å²) in [6.07, 6.45) is 2.85. The molecule has 9 heavy (non-hydrogen) atoms. The molecule has 55 valence electrons. The fourth-order valence-electron chi connectivity index (χ4n) is 1.03. The minimum Gasteiger partial charge on any atom is -0.0680 e. The van der Waals surface area contributed by atoms with Gasteiger partial charge >= 0.3 is 0 Å². The minimum absolute atomic E-state index is 0.114. The van der Waals surface area contributed by atoms with Gasteiger partial charge in [-0.25, -0.2) is 0 Å². The standard InChI is InChI=1S/C8H19Si/c1-4-7-8-9(5-2)6-3/h4-8H2,1-3H3. The molecule has 0 nitrogen and oxygen atoms in total. The van der Waals surface area contributed by atoms with E-state index in [1.807, 2.05) is 0 Å². The zero-order chi connectivity index (χ0) is 7.11. The highest BCUT2D eigenvalue weighted by Gasteiger charge is 2.02. The van der Waals surface area contributed by atoms with E-state index in [2.05, 4.69) is 20.8 Å². The first kappa shape index (κ1) is 9.22. The zero-order valence-electron chi connectivity index (χ0n) is 7.04. The van der Waals surface area contributed by atoms with Crippen LogP contribution in [-0.2, 0) is 0 Å². The van der Waals surface area contributed by atoms with E-state index in [0.717, 1.165) is 0 Å². The molecule has 0 aliphatic rings. The Hall–Kier alpha value is 0.217. The Morgan fingerprint density at radius 3 is 1.89 bits per heavy atom. The van der Waals surface area contributed by atoms with Gasteiger partial charge in [0.25, 0.3) is 0 Å². The van der Waals surface area contributed by atoms with Crippen LogP contribution >= 0.6 is 0 Å². The molecule has 0 amide bonds. The average Bonchev–Trinajstić information content (AvgIpc) is 1.91. The summed E-state index contributed by atoms with van der Waals surface area (Å²) in [5.41, 5.74) is 0. The predicted molar refractivity (Wildman–Crippen MR) is 46.4 cm³/mol. The highest BCUT2D eigenvalue weighted by molar-refractivity contribution is 6.58. The van der Waals surface area contributed by atoms with E-state index in [1.165, 1.54) is 24.9 Å². The second-order valence-corrected chi connectivity index (χ2v) is 5.97. The smallest absolute Gasteiger partial charge is 0.0473 e. The third-order valence-electron chi connectivity index (χ3n) is 1.88. The lowest BCUT2D eigenvalue weighted by Crippen LogP contribution is -2.07. The van der Waals surface area contributed by atoms with E-state index in [4.69, 9.17) is 0 Å². The van der Waals surface area contributed by atoms with Crippen molar-refractivity contribution in [1.82, 2.24) is 0 Å². The van der Waals surface area contributed by atoms with E-state index in [9.17, 15) is 0 Å². The van der Waals surface area contributed by atoms with Crippen molar-refractivity contribution in [2.45, 2.75) is 51.7 Å². The van der Waals surface area contributed by atoms with Gasteiger partial charge in [-0.3, -0.25) is 0 Å². The third-order valence-corrected chi connectivity index (χ3v) is 4.94. The van der Waals surface area contributed by atoms with Crippen LogP contribution in [0.4, 0.5) is 0 Å². The second kappa shape index (κ2) is 6.34. The molecule has 0 aliphatic heterocycles. The van der Waals surface area contributed by atoms with E-state index in [-0.39, 0.29) is 8.80 Å². The van der Waals surface area contributed by atoms with Gasteiger partial charge in [0.05, 0.1) is 0 Å². The maximum atomic E-state index is 2.34. The van der Waals surface area contributed by atoms with Crippen LogP contribution < -0.4 is 0 Å². The van der Waals surface area contributed by atoms with Crippen molar-refractivity contribution in [3.63, 3.8) is 0 Å². The van der Waals surface area contributed by atoms with E-state index < -0.39 is 0 Å². The number of hydrogen-bond acceptors (Lipinski definition) is 0. The van der Waals surface area contributed by atoms with Gasteiger partial charge in [0.1, 0.15) is 0 Å². The summed E-state index contributed by atoms with van der Waals surface area (Å²) < 4.78 is 0. The molecular formula is C8H19Si. The van der Waals surface area contributed by atoms with Crippen LogP contribution in [0.25, 0.3) is 0 Å². The lowest BCUT2D eigenvalue weighted by Gasteiger charge is -2.07. The molecule has 0 saturated heterocycles. The highest BCUT2D eigenvalue weighted by atomic mass is 28.3. The van der Waals surface area contributed by atoms with Crippen LogP contribution in [-0.4, -0.2) is 8.80 Å². The minimum atomic E-state index is 0.114. The van der Waals surface area contributed by atoms with Crippen molar-refractivity contribution >= 4 is 8.80 Å². The molecular weight excluding hydrogens is 124 g/mol. The van der Waals surface area contributed by atoms with Crippen LogP contribution in [0.2, 0.25) is 18.1 Å². The van der Waals surface area contributed by atoms with E-state index in [1.54, 1.807) is 6.04 Å². The monoisotopic (exact) mass is 143 g/mol. The Kier molecular flexibility index (Phi) is 6.49. The molecule has 0 saturated carbocycles. The molecule has 0 aromatic rings. The maximum absolute atomic E-state index is 2.34. The van der Waals surface area contributed by atoms with Crippen LogP contribution in [0.15, 0.2) is 0 Å². The van der Waals surface area contributed by atoms with Gasteiger partial charge in [-0.2, -0.15) is 0 Å². The lowest BCUT2D eigenvalue weighted by atomic mass is 10.4.